The number of unbranched alkanes of at least 4 members (excludes halogenated alkanes) is 1. The summed E-state index contributed by atoms with van der Waals surface area (Å²) in [6.07, 6.45) is 1.63. The number of carbonyl (C=O) groups is 7. The van der Waals surface area contributed by atoms with E-state index >= 15 is 0 Å². The van der Waals surface area contributed by atoms with Gasteiger partial charge in [-0.25, -0.2) is 4.79 Å². The third kappa shape index (κ3) is 19.7. The van der Waals surface area contributed by atoms with Crippen molar-refractivity contribution < 1.29 is 43.8 Å². The van der Waals surface area contributed by atoms with E-state index in [-0.39, 0.29) is 19.4 Å². The van der Waals surface area contributed by atoms with Crippen molar-refractivity contribution in [3.05, 3.63) is 0 Å². The second kappa shape index (κ2) is 21.8. The number of carboxylic acids is 2. The molecule has 0 saturated heterocycles. The fourth-order valence-electron chi connectivity index (χ4n) is 3.32. The third-order valence-electron chi connectivity index (χ3n) is 5.74. The maximum absolute atomic E-state index is 13.0. The molecule has 0 aromatic rings. The van der Waals surface area contributed by atoms with E-state index in [4.69, 9.17) is 32.8 Å². The Bertz CT molecular complexity index is 883. The predicted molar refractivity (Wildman–Crippen MR) is 148 cm³/mol. The molecule has 0 aliphatic rings. The van der Waals surface area contributed by atoms with Crippen molar-refractivity contribution in [1.82, 2.24) is 21.3 Å². The first-order chi connectivity index (χ1) is 19.1. The summed E-state index contributed by atoms with van der Waals surface area (Å²) in [5.74, 6) is -5.74. The smallest absolute Gasteiger partial charge is 0.312 e. The van der Waals surface area contributed by atoms with Crippen LogP contribution in [0.1, 0.15) is 65.7 Å². The first-order valence-electron chi connectivity index (χ1n) is 13.2. The molecule has 0 spiro atoms. The largest absolute Gasteiger partial charge is 0.481 e. The zero-order valence-corrected chi connectivity index (χ0v) is 23.8. The number of rotatable bonds is 19. The Balaban J connectivity index is 0. The van der Waals surface area contributed by atoms with Crippen molar-refractivity contribution in [2.24, 2.45) is 28.9 Å². The average molecular weight is 591 g/mol. The molecule has 0 rings (SSSR count). The molecule has 17 heteroatoms. The van der Waals surface area contributed by atoms with Gasteiger partial charge in [0.25, 0.3) is 5.97 Å². The number of amides is 6. The molecule has 41 heavy (non-hydrogen) atoms. The minimum Gasteiger partial charge on any atom is -0.481 e. The molecular formula is C24H46N8O9. The van der Waals surface area contributed by atoms with Gasteiger partial charge in [-0.15, -0.1) is 0 Å². The molecule has 0 aliphatic carbocycles. The summed E-state index contributed by atoms with van der Waals surface area (Å²) < 4.78 is 0. The van der Waals surface area contributed by atoms with Crippen LogP contribution in [0.3, 0.4) is 0 Å². The molecule has 14 N–H and O–H groups in total. The minimum atomic E-state index is -1.49. The number of aliphatic carboxylic acids is 2. The monoisotopic (exact) mass is 590 g/mol. The Morgan fingerprint density at radius 1 is 0.805 bits per heavy atom. The van der Waals surface area contributed by atoms with Gasteiger partial charge >= 0.3 is 12.0 Å². The Morgan fingerprint density at radius 3 is 1.83 bits per heavy atom. The van der Waals surface area contributed by atoms with Gasteiger partial charge in [0, 0.05) is 13.5 Å². The van der Waals surface area contributed by atoms with Crippen LogP contribution in [0, 0.1) is 5.92 Å². The average Bonchev–Trinajstić information content (AvgIpc) is 2.86. The highest BCUT2D eigenvalue weighted by Gasteiger charge is 2.33. The summed E-state index contributed by atoms with van der Waals surface area (Å²) in [6, 6.07) is -5.44. The molecule has 0 aliphatic heterocycles. The molecule has 236 valence electrons. The highest BCUT2D eigenvalue weighted by atomic mass is 16.4. The van der Waals surface area contributed by atoms with E-state index in [0.717, 1.165) is 6.92 Å². The number of hydrogen-bond acceptors (Lipinski definition) is 9. The number of carbonyl (C=O) groups excluding carboxylic acids is 5. The van der Waals surface area contributed by atoms with Crippen LogP contribution in [0.2, 0.25) is 0 Å². The Labute approximate surface area is 238 Å². The Morgan fingerprint density at radius 2 is 1.37 bits per heavy atom. The summed E-state index contributed by atoms with van der Waals surface area (Å²) >= 11 is 0. The van der Waals surface area contributed by atoms with E-state index in [1.807, 2.05) is 0 Å². The van der Waals surface area contributed by atoms with Gasteiger partial charge in [0.15, 0.2) is 0 Å². The first-order valence-corrected chi connectivity index (χ1v) is 13.2. The number of nitrogens with one attached hydrogen (secondary N) is 4. The first kappa shape index (κ1) is 39.2. The molecule has 0 bridgehead atoms. The van der Waals surface area contributed by atoms with Crippen LogP contribution in [-0.4, -0.2) is 89.1 Å². The van der Waals surface area contributed by atoms with E-state index in [1.54, 1.807) is 13.8 Å². The lowest BCUT2D eigenvalue weighted by atomic mass is 9.97. The lowest BCUT2D eigenvalue weighted by Crippen LogP contribution is -2.59. The van der Waals surface area contributed by atoms with Crippen molar-refractivity contribution in [2.45, 2.75) is 89.9 Å². The lowest BCUT2D eigenvalue weighted by molar-refractivity contribution is -0.141. The number of carboxylic acid groups (broad SMARTS) is 2. The zero-order chi connectivity index (χ0) is 32.1. The molecule has 0 aromatic heterocycles. The van der Waals surface area contributed by atoms with Gasteiger partial charge in [-0.3, -0.25) is 28.8 Å². The van der Waals surface area contributed by atoms with Crippen molar-refractivity contribution in [3.63, 3.8) is 0 Å². The summed E-state index contributed by atoms with van der Waals surface area (Å²) in [5.41, 5.74) is 21.6. The van der Waals surface area contributed by atoms with Gasteiger partial charge in [0.2, 0.25) is 23.6 Å². The van der Waals surface area contributed by atoms with Gasteiger partial charge in [-0.1, -0.05) is 26.7 Å². The van der Waals surface area contributed by atoms with E-state index < -0.39 is 78.1 Å². The third-order valence-corrected chi connectivity index (χ3v) is 5.74. The maximum atomic E-state index is 13.0. The van der Waals surface area contributed by atoms with E-state index in [1.165, 1.54) is 0 Å². The maximum Gasteiger partial charge on any atom is 0.312 e. The molecule has 5 atom stereocenters. The van der Waals surface area contributed by atoms with Gasteiger partial charge < -0.3 is 54.4 Å². The van der Waals surface area contributed by atoms with Gasteiger partial charge in [-0.05, 0) is 38.1 Å². The normalized spacial score (nSPS) is 14.0. The van der Waals surface area contributed by atoms with Crippen LogP contribution < -0.4 is 44.2 Å². The number of primary amides is 2. The van der Waals surface area contributed by atoms with Crippen molar-refractivity contribution in [2.75, 3.05) is 13.1 Å². The quantitative estimate of drug-likeness (QED) is 0.0697. The van der Waals surface area contributed by atoms with Crippen LogP contribution in [0.15, 0.2) is 0 Å². The number of nitrogens with two attached hydrogens (primary N) is 4. The SMILES string of the molecule is CC(=O)O.CC[C@H](C)[C@H](NC(=O)[C@H](CC(=O)O)NC(=O)[C@@H](N)CCCCN)C(=O)N[C@@H](CCCNC(N)=O)C(N)=O. The summed E-state index contributed by atoms with van der Waals surface area (Å²) in [6.45, 7) is 5.12. The topological polar surface area (TPSA) is 312 Å². The van der Waals surface area contributed by atoms with Crippen LogP contribution >= 0.6 is 0 Å². The highest BCUT2D eigenvalue weighted by molar-refractivity contribution is 5.96. The number of urea groups is 1. The highest BCUT2D eigenvalue weighted by Crippen LogP contribution is 2.10. The fraction of sp³-hybridized carbons (Fsp3) is 0.708. The molecule has 0 unspecified atom stereocenters. The Kier molecular flexibility index (Phi) is 20.8. The number of hydrogen-bond donors (Lipinski definition) is 10. The predicted octanol–water partition coefficient (Wildman–Crippen LogP) is -2.56. The van der Waals surface area contributed by atoms with E-state index in [9.17, 15) is 33.9 Å². The van der Waals surface area contributed by atoms with Crippen LogP contribution in [0.4, 0.5) is 4.79 Å². The van der Waals surface area contributed by atoms with Gasteiger partial charge in [-0.2, -0.15) is 0 Å². The second-order valence-corrected chi connectivity index (χ2v) is 9.34. The van der Waals surface area contributed by atoms with Crippen LogP contribution in [0.25, 0.3) is 0 Å². The molecule has 0 radical (unpaired) electrons. The molecule has 0 aromatic carbocycles. The standard InChI is InChI=1S/C22H42N8O7.C2H4O2/c1-3-12(2)17(21(36)28-14(18(25)33)8-6-10-27-22(26)37)30-20(35)15(11-16(31)32)29-19(34)13(24)7-4-5-9-23;1-2(3)4/h12-15,17H,3-11,23-24H2,1-2H3,(H2,25,33)(H,28,36)(H,29,34)(H,30,35)(H,31,32)(H3,26,27,37);1H3,(H,3,4)/t12-,13-,14-,15-,17-;/m0./s1. The van der Waals surface area contributed by atoms with Crippen LogP contribution in [0.5, 0.6) is 0 Å². The molecule has 0 saturated carbocycles. The van der Waals surface area contributed by atoms with Crippen molar-refractivity contribution >= 4 is 41.6 Å². The van der Waals surface area contributed by atoms with Gasteiger partial charge in [0.1, 0.15) is 18.1 Å². The lowest BCUT2D eigenvalue weighted by Gasteiger charge is -2.28. The summed E-state index contributed by atoms with van der Waals surface area (Å²) in [5, 5.41) is 26.3. The van der Waals surface area contributed by atoms with Crippen molar-refractivity contribution in [1.29, 1.82) is 0 Å². The molecule has 6 amide bonds. The van der Waals surface area contributed by atoms with E-state index in [0.29, 0.717) is 32.2 Å². The second-order valence-electron chi connectivity index (χ2n) is 9.34. The zero-order valence-electron chi connectivity index (χ0n) is 23.8. The Hall–Kier alpha value is -3.99. The minimum absolute atomic E-state index is 0.0995. The molecule has 0 heterocycles. The van der Waals surface area contributed by atoms with Crippen LogP contribution in [-0.2, 0) is 28.8 Å². The molecular weight excluding hydrogens is 544 g/mol. The summed E-state index contributed by atoms with van der Waals surface area (Å²) in [4.78, 5) is 81.3. The molecule has 17 nitrogen and oxygen atoms in total. The van der Waals surface area contributed by atoms with Crippen molar-refractivity contribution in [3.8, 4) is 0 Å². The fourth-order valence-corrected chi connectivity index (χ4v) is 3.32. The summed E-state index contributed by atoms with van der Waals surface area (Å²) in [7, 11) is 0. The van der Waals surface area contributed by atoms with E-state index in [2.05, 4.69) is 21.3 Å². The van der Waals surface area contributed by atoms with Gasteiger partial charge in [0.05, 0.1) is 12.5 Å². The molecule has 0 fully saturated rings.